The highest BCUT2D eigenvalue weighted by atomic mass is 19.4. The average molecular weight is 269 g/mol. The quantitative estimate of drug-likeness (QED) is 0.858. The fraction of sp³-hybridized carbons (Fsp3) is 0.400. The number of halogens is 5. The van der Waals surface area contributed by atoms with E-state index < -0.39 is 41.8 Å². The number of aryl methyl sites for hydroxylation is 1. The van der Waals surface area contributed by atoms with Gasteiger partial charge in [-0.15, -0.1) is 0 Å². The van der Waals surface area contributed by atoms with Crippen molar-refractivity contribution < 1.29 is 31.9 Å². The van der Waals surface area contributed by atoms with E-state index in [-0.39, 0.29) is 5.69 Å². The normalized spacial score (nSPS) is 11.9. The van der Waals surface area contributed by atoms with Crippen LogP contribution in [-0.4, -0.2) is 16.1 Å². The van der Waals surface area contributed by atoms with Gasteiger partial charge in [-0.25, -0.2) is 8.78 Å². The minimum absolute atomic E-state index is 0.330. The van der Waals surface area contributed by atoms with Gasteiger partial charge in [0.1, 0.15) is 5.69 Å². The molecule has 8 heteroatoms. The molecule has 0 radical (unpaired) electrons. The fourth-order valence-electron chi connectivity index (χ4n) is 1.54. The zero-order valence-electron chi connectivity index (χ0n) is 9.05. The molecule has 0 saturated heterocycles. The first-order valence-corrected chi connectivity index (χ1v) is 4.70. The van der Waals surface area contributed by atoms with Crippen molar-refractivity contribution in [3.05, 3.63) is 28.6 Å². The lowest BCUT2D eigenvalue weighted by Gasteiger charge is -2.15. The van der Waals surface area contributed by atoms with Gasteiger partial charge in [-0.2, -0.15) is 13.2 Å². The molecule has 1 rings (SSSR count). The summed E-state index contributed by atoms with van der Waals surface area (Å²) in [5.74, 6) is -1.36. The first kappa shape index (κ1) is 14.3. The summed E-state index contributed by atoms with van der Waals surface area (Å²) in [6.07, 6.45) is -9.09. The van der Waals surface area contributed by atoms with Crippen LogP contribution in [-0.2, 0) is 17.4 Å². The van der Waals surface area contributed by atoms with Gasteiger partial charge < -0.3 is 5.11 Å². The standard InChI is InChI=1S/C10H8F5NO2/c1-4-2-5(3-6(17)18)16-8(9(11)12)7(4)10(13,14)15/h2,9H,3H2,1H3,(H,17,18). The molecular weight excluding hydrogens is 261 g/mol. The summed E-state index contributed by atoms with van der Waals surface area (Å²) in [6.45, 7) is 0.988. The van der Waals surface area contributed by atoms with E-state index in [0.717, 1.165) is 13.0 Å². The number of carboxylic acids is 1. The largest absolute Gasteiger partial charge is 0.481 e. The number of aliphatic carboxylic acids is 1. The Morgan fingerprint density at radius 1 is 1.44 bits per heavy atom. The van der Waals surface area contributed by atoms with E-state index in [4.69, 9.17) is 5.11 Å². The highest BCUT2D eigenvalue weighted by molar-refractivity contribution is 5.69. The summed E-state index contributed by atoms with van der Waals surface area (Å²) >= 11 is 0. The van der Waals surface area contributed by atoms with E-state index in [9.17, 15) is 26.7 Å². The molecule has 0 amide bonds. The van der Waals surface area contributed by atoms with Crippen molar-refractivity contribution in [2.45, 2.75) is 25.9 Å². The second-order valence-electron chi connectivity index (χ2n) is 3.56. The molecule has 1 aromatic rings. The van der Waals surface area contributed by atoms with Gasteiger partial charge in [0, 0.05) is 0 Å². The third kappa shape index (κ3) is 3.14. The average Bonchev–Trinajstić information content (AvgIpc) is 2.12. The van der Waals surface area contributed by atoms with Gasteiger partial charge in [0.15, 0.2) is 0 Å². The van der Waals surface area contributed by atoms with Gasteiger partial charge >= 0.3 is 12.1 Å². The van der Waals surface area contributed by atoms with Gasteiger partial charge in [0.2, 0.25) is 0 Å². The minimum Gasteiger partial charge on any atom is -0.481 e. The maximum Gasteiger partial charge on any atom is 0.418 e. The van der Waals surface area contributed by atoms with Crippen molar-refractivity contribution in [3.8, 4) is 0 Å². The highest BCUT2D eigenvalue weighted by Crippen LogP contribution is 2.37. The molecule has 0 aliphatic rings. The number of carboxylic acid groups (broad SMARTS) is 1. The minimum atomic E-state index is -4.95. The first-order valence-electron chi connectivity index (χ1n) is 4.70. The molecule has 1 N–H and O–H groups in total. The summed E-state index contributed by atoms with van der Waals surface area (Å²) in [5, 5.41) is 8.47. The lowest BCUT2D eigenvalue weighted by molar-refractivity contribution is -0.140. The maximum absolute atomic E-state index is 12.6. The lowest BCUT2D eigenvalue weighted by Crippen LogP contribution is -2.16. The highest BCUT2D eigenvalue weighted by Gasteiger charge is 2.38. The van der Waals surface area contributed by atoms with Crippen LogP contribution in [0.25, 0.3) is 0 Å². The van der Waals surface area contributed by atoms with Crippen molar-refractivity contribution >= 4 is 5.97 Å². The van der Waals surface area contributed by atoms with Gasteiger partial charge in [0.05, 0.1) is 17.7 Å². The van der Waals surface area contributed by atoms with E-state index in [2.05, 4.69) is 4.98 Å². The molecule has 1 heterocycles. The van der Waals surface area contributed by atoms with Crippen LogP contribution in [0.3, 0.4) is 0 Å². The fourth-order valence-corrected chi connectivity index (χ4v) is 1.54. The summed E-state index contributed by atoms with van der Waals surface area (Å²) in [5.41, 5.74) is -3.74. The summed E-state index contributed by atoms with van der Waals surface area (Å²) in [4.78, 5) is 13.5. The zero-order valence-corrected chi connectivity index (χ0v) is 9.05. The van der Waals surface area contributed by atoms with Crippen LogP contribution in [0.5, 0.6) is 0 Å². The van der Waals surface area contributed by atoms with Gasteiger partial charge in [-0.3, -0.25) is 9.78 Å². The van der Waals surface area contributed by atoms with E-state index in [1.54, 1.807) is 0 Å². The second-order valence-corrected chi connectivity index (χ2v) is 3.56. The van der Waals surface area contributed by atoms with Crippen molar-refractivity contribution in [3.63, 3.8) is 0 Å². The molecule has 0 unspecified atom stereocenters. The molecular formula is C10H8F5NO2. The number of aromatic nitrogens is 1. The number of hydrogen-bond donors (Lipinski definition) is 1. The van der Waals surface area contributed by atoms with Crippen LogP contribution in [0, 0.1) is 6.92 Å². The Morgan fingerprint density at radius 2 is 2.00 bits per heavy atom. The van der Waals surface area contributed by atoms with Crippen LogP contribution in [0.4, 0.5) is 22.0 Å². The smallest absolute Gasteiger partial charge is 0.418 e. The summed E-state index contributed by atoms with van der Waals surface area (Å²) in [7, 11) is 0. The molecule has 0 atom stereocenters. The van der Waals surface area contributed by atoms with Crippen molar-refractivity contribution in [2.24, 2.45) is 0 Å². The number of alkyl halides is 5. The Bertz CT molecular complexity index is 470. The SMILES string of the molecule is Cc1cc(CC(=O)O)nc(C(F)F)c1C(F)(F)F. The molecule has 0 aliphatic carbocycles. The predicted octanol–water partition coefficient (Wildman–Crippen LogP) is 2.97. The van der Waals surface area contributed by atoms with E-state index in [0.29, 0.717) is 0 Å². The monoisotopic (exact) mass is 269 g/mol. The van der Waals surface area contributed by atoms with E-state index in [1.807, 2.05) is 0 Å². The van der Waals surface area contributed by atoms with Crippen LogP contribution < -0.4 is 0 Å². The van der Waals surface area contributed by atoms with Crippen LogP contribution in [0.1, 0.15) is 28.9 Å². The Hall–Kier alpha value is -1.73. The Kier molecular flexibility index (Phi) is 3.88. The second kappa shape index (κ2) is 4.87. The number of rotatable bonds is 3. The number of hydrogen-bond acceptors (Lipinski definition) is 2. The van der Waals surface area contributed by atoms with Gasteiger partial charge in [0.25, 0.3) is 6.43 Å². The molecule has 1 aromatic heterocycles. The molecule has 0 spiro atoms. The van der Waals surface area contributed by atoms with Gasteiger partial charge in [-0.05, 0) is 18.6 Å². The number of nitrogens with zero attached hydrogens (tertiary/aromatic N) is 1. The Labute approximate surface area is 98.3 Å². The lowest BCUT2D eigenvalue weighted by atomic mass is 10.0. The molecule has 100 valence electrons. The molecule has 18 heavy (non-hydrogen) atoms. The summed E-state index contributed by atoms with van der Waals surface area (Å²) < 4.78 is 62.8. The molecule has 0 bridgehead atoms. The Balaban J connectivity index is 3.41. The van der Waals surface area contributed by atoms with Crippen LogP contribution in [0.15, 0.2) is 6.07 Å². The van der Waals surface area contributed by atoms with Crippen LogP contribution in [0.2, 0.25) is 0 Å². The maximum atomic E-state index is 12.6. The third-order valence-electron chi connectivity index (χ3n) is 2.12. The Morgan fingerprint density at radius 3 is 2.39 bits per heavy atom. The van der Waals surface area contributed by atoms with E-state index in [1.165, 1.54) is 0 Å². The van der Waals surface area contributed by atoms with Crippen molar-refractivity contribution in [2.75, 3.05) is 0 Å². The van der Waals surface area contributed by atoms with Gasteiger partial charge in [-0.1, -0.05) is 0 Å². The number of pyridine rings is 1. The molecule has 0 aromatic carbocycles. The number of carbonyl (C=O) groups is 1. The van der Waals surface area contributed by atoms with Crippen LogP contribution >= 0.6 is 0 Å². The summed E-state index contributed by atoms with van der Waals surface area (Å²) in [6, 6.07) is 0.850. The zero-order chi connectivity index (χ0) is 14.1. The van der Waals surface area contributed by atoms with Crippen molar-refractivity contribution in [1.29, 1.82) is 0 Å². The molecule has 0 aliphatic heterocycles. The predicted molar refractivity (Wildman–Crippen MR) is 50.3 cm³/mol. The molecule has 0 fully saturated rings. The molecule has 3 nitrogen and oxygen atoms in total. The van der Waals surface area contributed by atoms with E-state index >= 15 is 0 Å². The third-order valence-corrected chi connectivity index (χ3v) is 2.12. The van der Waals surface area contributed by atoms with Crippen molar-refractivity contribution in [1.82, 2.24) is 4.98 Å². The topological polar surface area (TPSA) is 50.2 Å². The first-order chi connectivity index (χ1) is 8.12. The molecule has 0 saturated carbocycles.